The van der Waals surface area contributed by atoms with Crippen molar-refractivity contribution < 1.29 is 14.3 Å². The Kier molecular flexibility index (Phi) is 5.81. The van der Waals surface area contributed by atoms with Crippen molar-refractivity contribution in [1.82, 2.24) is 15.1 Å². The lowest BCUT2D eigenvalue weighted by Crippen LogP contribution is -2.46. The topological polar surface area (TPSA) is 61.9 Å². The molecule has 2 amide bonds. The molecule has 6 nitrogen and oxygen atoms in total. The van der Waals surface area contributed by atoms with Gasteiger partial charge in [0, 0.05) is 19.0 Å². The molecule has 3 rings (SSSR count). The molecular weight excluding hydrogens is 330 g/mol. The van der Waals surface area contributed by atoms with Gasteiger partial charge in [0.05, 0.1) is 19.1 Å². The number of carbonyl (C=O) groups is 2. The van der Waals surface area contributed by atoms with Crippen LogP contribution in [0.5, 0.6) is 5.75 Å². The number of likely N-dealkylation sites (tertiary alicyclic amines) is 2. The zero-order valence-corrected chi connectivity index (χ0v) is 15.9. The van der Waals surface area contributed by atoms with Crippen LogP contribution in [0.2, 0.25) is 0 Å². The Labute approximate surface area is 155 Å². The number of benzene rings is 1. The number of amides is 2. The van der Waals surface area contributed by atoms with Crippen molar-refractivity contribution in [3.63, 3.8) is 0 Å². The lowest BCUT2D eigenvalue weighted by Gasteiger charge is -2.32. The minimum Gasteiger partial charge on any atom is -0.497 e. The van der Waals surface area contributed by atoms with Gasteiger partial charge in [-0.1, -0.05) is 12.1 Å². The molecule has 2 heterocycles. The molecule has 2 fully saturated rings. The molecule has 2 aliphatic heterocycles. The highest BCUT2D eigenvalue weighted by molar-refractivity contribution is 5.90. The minimum absolute atomic E-state index is 0.00433. The van der Waals surface area contributed by atoms with E-state index in [0.29, 0.717) is 6.54 Å². The molecule has 1 N–H and O–H groups in total. The van der Waals surface area contributed by atoms with Crippen LogP contribution in [-0.4, -0.2) is 61.4 Å². The number of rotatable bonds is 5. The number of nitrogens with zero attached hydrogens (tertiary/aromatic N) is 2. The Balaban J connectivity index is 1.76. The maximum Gasteiger partial charge on any atom is 0.226 e. The summed E-state index contributed by atoms with van der Waals surface area (Å²) < 4.78 is 5.23. The molecule has 0 unspecified atom stereocenters. The molecule has 2 aliphatic rings. The highest BCUT2D eigenvalue weighted by Crippen LogP contribution is 2.38. The summed E-state index contributed by atoms with van der Waals surface area (Å²) in [6.45, 7) is 4.56. The van der Waals surface area contributed by atoms with Crippen LogP contribution in [0.25, 0.3) is 0 Å². The van der Waals surface area contributed by atoms with Crippen LogP contribution in [0.15, 0.2) is 24.3 Å². The molecular formula is C20H29N3O3. The van der Waals surface area contributed by atoms with E-state index < -0.39 is 0 Å². The summed E-state index contributed by atoms with van der Waals surface area (Å²) in [6.07, 6.45) is 2.21. The Morgan fingerprint density at radius 2 is 1.88 bits per heavy atom. The minimum atomic E-state index is -0.337. The van der Waals surface area contributed by atoms with Gasteiger partial charge in [-0.2, -0.15) is 0 Å². The second-order valence-corrected chi connectivity index (χ2v) is 7.29. The first-order valence-corrected chi connectivity index (χ1v) is 9.45. The maximum atomic E-state index is 13.0. The van der Waals surface area contributed by atoms with E-state index in [1.807, 2.05) is 36.1 Å². The maximum absolute atomic E-state index is 13.0. The zero-order chi connectivity index (χ0) is 18.7. The largest absolute Gasteiger partial charge is 0.497 e. The van der Waals surface area contributed by atoms with Crippen molar-refractivity contribution in [1.29, 1.82) is 0 Å². The van der Waals surface area contributed by atoms with Crippen molar-refractivity contribution in [3.05, 3.63) is 29.8 Å². The predicted octanol–water partition coefficient (Wildman–Crippen LogP) is 1.82. The van der Waals surface area contributed by atoms with E-state index in [-0.39, 0.29) is 36.2 Å². The molecule has 26 heavy (non-hydrogen) atoms. The average molecular weight is 359 g/mol. The van der Waals surface area contributed by atoms with Crippen molar-refractivity contribution in [3.8, 4) is 5.75 Å². The molecule has 0 bridgehead atoms. The van der Waals surface area contributed by atoms with Gasteiger partial charge in [-0.15, -0.1) is 0 Å². The Morgan fingerprint density at radius 1 is 1.23 bits per heavy atom. The molecule has 2 saturated heterocycles. The van der Waals surface area contributed by atoms with E-state index in [1.165, 1.54) is 0 Å². The molecule has 0 radical (unpaired) electrons. The van der Waals surface area contributed by atoms with Gasteiger partial charge in [0.1, 0.15) is 5.75 Å². The molecule has 1 aromatic rings. The summed E-state index contributed by atoms with van der Waals surface area (Å²) in [5.74, 6) is 0.491. The summed E-state index contributed by atoms with van der Waals surface area (Å²) in [5, 5.41) is 3.20. The fraction of sp³-hybridized carbons (Fsp3) is 0.600. The molecule has 2 atom stereocenters. The lowest BCUT2D eigenvalue weighted by molar-refractivity contribution is -0.129. The molecule has 6 heteroatoms. The third kappa shape index (κ3) is 3.85. The Morgan fingerprint density at radius 3 is 2.46 bits per heavy atom. The number of piperidine rings is 1. The van der Waals surface area contributed by atoms with E-state index in [1.54, 1.807) is 7.11 Å². The van der Waals surface area contributed by atoms with Crippen LogP contribution in [0, 0.1) is 5.92 Å². The van der Waals surface area contributed by atoms with E-state index in [2.05, 4.69) is 17.3 Å². The summed E-state index contributed by atoms with van der Waals surface area (Å²) in [6, 6.07) is 7.70. The standard InChI is InChI=1S/C20H29N3O3/c1-4-23-18(24)13-17(19(23)14-5-7-16(26-3)8-6-14)20(25)21-15-9-11-22(2)12-10-15/h5-8,15,17,19H,4,9-13H2,1-3H3,(H,21,25)/t17-,19+/m1/s1. The third-order valence-electron chi connectivity index (χ3n) is 5.63. The van der Waals surface area contributed by atoms with Crippen LogP contribution in [-0.2, 0) is 9.59 Å². The zero-order valence-electron chi connectivity index (χ0n) is 15.9. The smallest absolute Gasteiger partial charge is 0.226 e. The van der Waals surface area contributed by atoms with Gasteiger partial charge in [-0.3, -0.25) is 9.59 Å². The Hall–Kier alpha value is -2.08. The first-order valence-electron chi connectivity index (χ1n) is 9.45. The molecule has 142 valence electrons. The number of ether oxygens (including phenoxy) is 1. The van der Waals surface area contributed by atoms with Crippen molar-refractivity contribution in [2.24, 2.45) is 5.92 Å². The van der Waals surface area contributed by atoms with Crippen molar-refractivity contribution >= 4 is 11.8 Å². The number of carbonyl (C=O) groups excluding carboxylic acids is 2. The molecule has 0 aliphatic carbocycles. The van der Waals surface area contributed by atoms with Crippen LogP contribution >= 0.6 is 0 Å². The van der Waals surface area contributed by atoms with E-state index in [4.69, 9.17) is 4.74 Å². The summed E-state index contributed by atoms with van der Waals surface area (Å²) in [5.41, 5.74) is 0.988. The molecule has 0 saturated carbocycles. The van der Waals surface area contributed by atoms with Gasteiger partial charge in [-0.25, -0.2) is 0 Å². The van der Waals surface area contributed by atoms with Gasteiger partial charge in [0.15, 0.2) is 0 Å². The Bertz CT molecular complexity index is 638. The fourth-order valence-electron chi connectivity index (χ4n) is 4.07. The van der Waals surface area contributed by atoms with Crippen LogP contribution in [0.3, 0.4) is 0 Å². The predicted molar refractivity (Wildman–Crippen MR) is 99.9 cm³/mol. The molecule has 0 spiro atoms. The van der Waals surface area contributed by atoms with Crippen LogP contribution in [0.4, 0.5) is 0 Å². The number of methoxy groups -OCH3 is 1. The monoisotopic (exact) mass is 359 g/mol. The second kappa shape index (κ2) is 8.08. The first kappa shape index (κ1) is 18.7. The quantitative estimate of drug-likeness (QED) is 0.871. The van der Waals surface area contributed by atoms with E-state index in [0.717, 1.165) is 37.2 Å². The SMILES string of the molecule is CCN1C(=O)C[C@@H](C(=O)NC2CCN(C)CC2)[C@@H]1c1ccc(OC)cc1. The van der Waals surface area contributed by atoms with Crippen LogP contribution in [0.1, 0.15) is 37.8 Å². The summed E-state index contributed by atoms with van der Waals surface area (Å²) in [7, 11) is 3.73. The van der Waals surface area contributed by atoms with Gasteiger partial charge in [-0.05, 0) is 57.6 Å². The van der Waals surface area contributed by atoms with E-state index in [9.17, 15) is 9.59 Å². The van der Waals surface area contributed by atoms with E-state index >= 15 is 0 Å². The lowest BCUT2D eigenvalue weighted by atomic mass is 9.92. The number of nitrogens with one attached hydrogen (secondary N) is 1. The summed E-state index contributed by atoms with van der Waals surface area (Å²) >= 11 is 0. The van der Waals surface area contributed by atoms with Crippen molar-refractivity contribution in [2.75, 3.05) is 33.8 Å². The molecule has 1 aromatic carbocycles. The first-order chi connectivity index (χ1) is 12.5. The highest BCUT2D eigenvalue weighted by Gasteiger charge is 2.44. The van der Waals surface area contributed by atoms with Gasteiger partial charge < -0.3 is 19.9 Å². The number of hydrogen-bond acceptors (Lipinski definition) is 4. The average Bonchev–Trinajstić information content (AvgIpc) is 3.00. The van der Waals surface area contributed by atoms with Gasteiger partial charge in [0.25, 0.3) is 0 Å². The normalized spacial score (nSPS) is 24.7. The van der Waals surface area contributed by atoms with Gasteiger partial charge in [0.2, 0.25) is 11.8 Å². The second-order valence-electron chi connectivity index (χ2n) is 7.29. The van der Waals surface area contributed by atoms with Crippen molar-refractivity contribution in [2.45, 2.75) is 38.3 Å². The van der Waals surface area contributed by atoms with Gasteiger partial charge >= 0.3 is 0 Å². The highest BCUT2D eigenvalue weighted by atomic mass is 16.5. The fourth-order valence-corrected chi connectivity index (χ4v) is 4.07. The molecule has 0 aromatic heterocycles. The van der Waals surface area contributed by atoms with Crippen LogP contribution < -0.4 is 10.1 Å². The summed E-state index contributed by atoms with van der Waals surface area (Å²) in [4.78, 5) is 29.6. The third-order valence-corrected chi connectivity index (χ3v) is 5.63. The number of hydrogen-bond donors (Lipinski definition) is 1.